The van der Waals surface area contributed by atoms with Crippen LogP contribution in [-0.4, -0.2) is 25.2 Å². The quantitative estimate of drug-likeness (QED) is 0.835. The van der Waals surface area contributed by atoms with Crippen LogP contribution in [0.2, 0.25) is 0 Å². The molecule has 1 aliphatic rings. The number of anilines is 1. The minimum atomic E-state index is 0.577. The Bertz CT molecular complexity index is 346. The summed E-state index contributed by atoms with van der Waals surface area (Å²) >= 11 is 0. The Morgan fingerprint density at radius 2 is 2.12 bits per heavy atom. The van der Waals surface area contributed by atoms with Crippen molar-refractivity contribution in [1.29, 1.82) is 0 Å². The molecule has 0 fully saturated rings. The maximum absolute atomic E-state index is 3.48. The lowest BCUT2D eigenvalue weighted by atomic mass is 10.1. The fraction of sp³-hybridized carbons (Fsp3) is 0.571. The minimum absolute atomic E-state index is 0.577. The maximum Gasteiger partial charge on any atom is 0.0402 e. The highest BCUT2D eigenvalue weighted by atomic mass is 15.2. The first-order valence-electron chi connectivity index (χ1n) is 6.26. The molecule has 0 bridgehead atoms. The molecule has 88 valence electrons. The van der Waals surface area contributed by atoms with Crippen molar-refractivity contribution in [2.45, 2.75) is 39.3 Å². The van der Waals surface area contributed by atoms with Crippen molar-refractivity contribution in [3.63, 3.8) is 0 Å². The van der Waals surface area contributed by atoms with Crippen molar-refractivity contribution in [1.82, 2.24) is 5.32 Å². The monoisotopic (exact) mass is 218 g/mol. The summed E-state index contributed by atoms with van der Waals surface area (Å²) in [5, 5.41) is 3.48. The summed E-state index contributed by atoms with van der Waals surface area (Å²) in [4.78, 5) is 2.52. The third-order valence-electron chi connectivity index (χ3n) is 3.25. The van der Waals surface area contributed by atoms with Crippen LogP contribution in [0.1, 0.15) is 26.3 Å². The first-order valence-corrected chi connectivity index (χ1v) is 6.26. The van der Waals surface area contributed by atoms with Crippen LogP contribution in [0.15, 0.2) is 24.3 Å². The van der Waals surface area contributed by atoms with E-state index in [1.165, 1.54) is 17.7 Å². The molecule has 2 heteroatoms. The van der Waals surface area contributed by atoms with Crippen LogP contribution in [0.5, 0.6) is 0 Å². The van der Waals surface area contributed by atoms with Gasteiger partial charge in [0.2, 0.25) is 0 Å². The highest BCUT2D eigenvalue weighted by Crippen LogP contribution is 2.30. The molecule has 1 aromatic rings. The second-order valence-corrected chi connectivity index (χ2v) is 4.98. The molecule has 0 spiro atoms. The van der Waals surface area contributed by atoms with Gasteiger partial charge < -0.3 is 10.2 Å². The van der Waals surface area contributed by atoms with Crippen LogP contribution in [0.25, 0.3) is 0 Å². The third-order valence-corrected chi connectivity index (χ3v) is 3.25. The van der Waals surface area contributed by atoms with Crippen molar-refractivity contribution >= 4 is 5.69 Å². The van der Waals surface area contributed by atoms with Crippen molar-refractivity contribution in [3.05, 3.63) is 29.8 Å². The van der Waals surface area contributed by atoms with Gasteiger partial charge in [-0.1, -0.05) is 32.0 Å². The Kier molecular flexibility index (Phi) is 3.49. The zero-order valence-electron chi connectivity index (χ0n) is 10.5. The predicted molar refractivity (Wildman–Crippen MR) is 70.1 cm³/mol. The van der Waals surface area contributed by atoms with E-state index in [1.807, 2.05) is 0 Å². The summed E-state index contributed by atoms with van der Waals surface area (Å²) in [6.07, 6.45) is 1.19. The van der Waals surface area contributed by atoms with Gasteiger partial charge in [0, 0.05) is 30.9 Å². The van der Waals surface area contributed by atoms with Gasteiger partial charge in [-0.3, -0.25) is 0 Å². The average molecular weight is 218 g/mol. The van der Waals surface area contributed by atoms with Gasteiger partial charge in [-0.2, -0.15) is 0 Å². The van der Waals surface area contributed by atoms with Gasteiger partial charge in [0.1, 0.15) is 0 Å². The fourth-order valence-corrected chi connectivity index (χ4v) is 2.44. The summed E-state index contributed by atoms with van der Waals surface area (Å²) in [5.74, 6) is 0. The largest absolute Gasteiger partial charge is 0.367 e. The van der Waals surface area contributed by atoms with Gasteiger partial charge >= 0.3 is 0 Å². The van der Waals surface area contributed by atoms with E-state index >= 15 is 0 Å². The molecule has 0 saturated heterocycles. The molecule has 1 aliphatic heterocycles. The van der Waals surface area contributed by atoms with Gasteiger partial charge in [-0.15, -0.1) is 0 Å². The zero-order valence-corrected chi connectivity index (χ0v) is 10.5. The van der Waals surface area contributed by atoms with E-state index in [0.717, 1.165) is 13.1 Å². The average Bonchev–Trinajstić information content (AvgIpc) is 2.55. The van der Waals surface area contributed by atoms with E-state index in [-0.39, 0.29) is 0 Å². The van der Waals surface area contributed by atoms with Gasteiger partial charge in [0.05, 0.1) is 0 Å². The Hall–Kier alpha value is -1.02. The van der Waals surface area contributed by atoms with E-state index in [9.17, 15) is 0 Å². The van der Waals surface area contributed by atoms with Crippen molar-refractivity contribution in [3.8, 4) is 0 Å². The highest BCUT2D eigenvalue weighted by Gasteiger charge is 2.24. The van der Waals surface area contributed by atoms with Gasteiger partial charge in [-0.25, -0.2) is 0 Å². The molecule has 1 N–H and O–H groups in total. The number of fused-ring (bicyclic) bond motifs is 1. The van der Waals surface area contributed by atoms with E-state index in [1.54, 1.807) is 0 Å². The Morgan fingerprint density at radius 1 is 1.38 bits per heavy atom. The van der Waals surface area contributed by atoms with Crippen LogP contribution in [-0.2, 0) is 6.42 Å². The molecule has 1 unspecified atom stereocenters. The van der Waals surface area contributed by atoms with E-state index in [0.29, 0.717) is 12.1 Å². The van der Waals surface area contributed by atoms with Crippen molar-refractivity contribution in [2.75, 3.05) is 18.0 Å². The molecule has 16 heavy (non-hydrogen) atoms. The third kappa shape index (κ3) is 2.38. The lowest BCUT2D eigenvalue weighted by Gasteiger charge is -2.25. The SMILES string of the molecule is CC(C)NCCN1c2ccccc2CC1C. The first-order chi connectivity index (χ1) is 7.68. The molecular weight excluding hydrogens is 196 g/mol. The van der Waals surface area contributed by atoms with Crippen molar-refractivity contribution < 1.29 is 0 Å². The molecular formula is C14H22N2. The van der Waals surface area contributed by atoms with Crippen LogP contribution >= 0.6 is 0 Å². The van der Waals surface area contributed by atoms with Gasteiger partial charge in [-0.05, 0) is 25.0 Å². The van der Waals surface area contributed by atoms with Crippen LogP contribution in [0.4, 0.5) is 5.69 Å². The van der Waals surface area contributed by atoms with E-state index in [2.05, 4.69) is 55.3 Å². The lowest BCUT2D eigenvalue weighted by Crippen LogP contribution is -2.37. The number of nitrogens with one attached hydrogen (secondary N) is 1. The van der Waals surface area contributed by atoms with Gasteiger partial charge in [0.25, 0.3) is 0 Å². The molecule has 2 nitrogen and oxygen atoms in total. The molecule has 2 rings (SSSR count). The second-order valence-electron chi connectivity index (χ2n) is 4.98. The first kappa shape index (κ1) is 11.5. The fourth-order valence-electron chi connectivity index (χ4n) is 2.44. The minimum Gasteiger partial charge on any atom is -0.367 e. The normalized spacial score (nSPS) is 19.2. The zero-order chi connectivity index (χ0) is 11.5. The lowest BCUT2D eigenvalue weighted by molar-refractivity contribution is 0.565. The summed E-state index contributed by atoms with van der Waals surface area (Å²) in [7, 11) is 0. The number of para-hydroxylation sites is 1. The van der Waals surface area contributed by atoms with Crippen LogP contribution < -0.4 is 10.2 Å². The summed E-state index contributed by atoms with van der Waals surface area (Å²) in [6, 6.07) is 10.00. The summed E-state index contributed by atoms with van der Waals surface area (Å²) in [6.45, 7) is 8.88. The van der Waals surface area contributed by atoms with Crippen LogP contribution in [0, 0.1) is 0 Å². The smallest absolute Gasteiger partial charge is 0.0402 e. The van der Waals surface area contributed by atoms with E-state index < -0.39 is 0 Å². The predicted octanol–water partition coefficient (Wildman–Crippen LogP) is 2.44. The summed E-state index contributed by atoms with van der Waals surface area (Å²) in [5.41, 5.74) is 2.93. The molecule has 0 aliphatic carbocycles. The number of benzene rings is 1. The molecule has 0 radical (unpaired) electrons. The summed E-state index contributed by atoms with van der Waals surface area (Å²) < 4.78 is 0. The second kappa shape index (κ2) is 4.88. The van der Waals surface area contributed by atoms with Gasteiger partial charge in [0.15, 0.2) is 0 Å². The number of hydrogen-bond donors (Lipinski definition) is 1. The van der Waals surface area contributed by atoms with E-state index in [4.69, 9.17) is 0 Å². The molecule has 1 heterocycles. The molecule has 1 aromatic carbocycles. The molecule has 0 amide bonds. The topological polar surface area (TPSA) is 15.3 Å². The number of rotatable bonds is 4. The number of nitrogens with zero attached hydrogens (tertiary/aromatic N) is 1. The molecule has 0 aromatic heterocycles. The molecule has 0 saturated carbocycles. The Morgan fingerprint density at radius 3 is 2.88 bits per heavy atom. The van der Waals surface area contributed by atoms with Crippen molar-refractivity contribution in [2.24, 2.45) is 0 Å². The highest BCUT2D eigenvalue weighted by molar-refractivity contribution is 5.59. The standard InChI is InChI=1S/C14H22N2/c1-11(2)15-8-9-16-12(3)10-13-6-4-5-7-14(13)16/h4-7,11-12,15H,8-10H2,1-3H3. The Labute approximate surface area is 98.7 Å². The van der Waals surface area contributed by atoms with Crippen LogP contribution in [0.3, 0.4) is 0 Å². The molecule has 1 atom stereocenters. The maximum atomic E-state index is 3.48. The number of hydrogen-bond acceptors (Lipinski definition) is 2. The Balaban J connectivity index is 1.99.